The quantitative estimate of drug-likeness (QED) is 0.590. The predicted molar refractivity (Wildman–Crippen MR) is 65.0 cm³/mol. The fraction of sp³-hybridized carbons (Fsp3) is 0.400. The number of alkyl halides is 1. The smallest absolute Gasteiger partial charge is 0.337 e. The number of hydrogen-bond acceptors (Lipinski definition) is 5. The number of carboxylic acids is 1. The highest BCUT2D eigenvalue weighted by molar-refractivity contribution is 9.09. The number of nitrogens with two attached hydrogens (primary N) is 1. The Morgan fingerprint density at radius 1 is 1.53 bits per heavy atom. The molecule has 2 unspecified atom stereocenters. The van der Waals surface area contributed by atoms with Crippen LogP contribution in [0.4, 0.5) is 5.82 Å². The fourth-order valence-electron chi connectivity index (χ4n) is 1.32. The van der Waals surface area contributed by atoms with E-state index in [1.807, 2.05) is 0 Å². The van der Waals surface area contributed by atoms with Gasteiger partial charge in [-0.1, -0.05) is 15.9 Å². The molecule has 0 bridgehead atoms. The first kappa shape index (κ1) is 13.9. The number of carboxylic acid groups (broad SMARTS) is 1. The zero-order chi connectivity index (χ0) is 13.0. The SMILES string of the molecule is Nc1ncc(C(=O)O)cc1C(O)C(O)CCBr. The Labute approximate surface area is 106 Å². The Morgan fingerprint density at radius 2 is 2.18 bits per heavy atom. The molecule has 6 nitrogen and oxygen atoms in total. The molecule has 1 rings (SSSR count). The minimum Gasteiger partial charge on any atom is -0.478 e. The third-order valence-electron chi connectivity index (χ3n) is 2.28. The molecule has 5 N–H and O–H groups in total. The topological polar surface area (TPSA) is 117 Å². The van der Waals surface area contributed by atoms with Gasteiger partial charge >= 0.3 is 5.97 Å². The summed E-state index contributed by atoms with van der Waals surface area (Å²) >= 11 is 3.13. The van der Waals surface area contributed by atoms with Crippen molar-refractivity contribution in [3.63, 3.8) is 0 Å². The van der Waals surface area contributed by atoms with Crippen molar-refractivity contribution in [2.45, 2.75) is 18.6 Å². The Bertz CT molecular complexity index is 413. The molecule has 0 aliphatic heterocycles. The molecule has 17 heavy (non-hydrogen) atoms. The molecule has 0 aliphatic carbocycles. The van der Waals surface area contributed by atoms with Gasteiger partial charge in [-0.2, -0.15) is 0 Å². The van der Waals surface area contributed by atoms with Gasteiger partial charge in [0.05, 0.1) is 11.7 Å². The van der Waals surface area contributed by atoms with Crippen LogP contribution in [0.25, 0.3) is 0 Å². The van der Waals surface area contributed by atoms with Crippen LogP contribution in [0, 0.1) is 0 Å². The minimum absolute atomic E-state index is 0.0103. The Morgan fingerprint density at radius 3 is 2.71 bits per heavy atom. The number of aliphatic hydroxyl groups excluding tert-OH is 2. The lowest BCUT2D eigenvalue weighted by atomic mass is 10.0. The summed E-state index contributed by atoms with van der Waals surface area (Å²) in [6.07, 6.45) is -0.857. The summed E-state index contributed by atoms with van der Waals surface area (Å²) in [6, 6.07) is 1.22. The molecular weight excluding hydrogens is 292 g/mol. The first-order chi connectivity index (χ1) is 7.97. The van der Waals surface area contributed by atoms with E-state index in [1.165, 1.54) is 6.07 Å². The van der Waals surface area contributed by atoms with Gasteiger partial charge in [0.1, 0.15) is 11.9 Å². The number of rotatable bonds is 5. The van der Waals surface area contributed by atoms with Gasteiger partial charge in [0.15, 0.2) is 0 Å². The molecule has 0 saturated carbocycles. The first-order valence-corrected chi connectivity index (χ1v) is 6.00. The van der Waals surface area contributed by atoms with Crippen LogP contribution in [-0.4, -0.2) is 37.7 Å². The lowest BCUT2D eigenvalue weighted by molar-refractivity contribution is 0.0175. The average molecular weight is 305 g/mol. The van der Waals surface area contributed by atoms with E-state index in [2.05, 4.69) is 20.9 Å². The van der Waals surface area contributed by atoms with Gasteiger partial charge in [-0.15, -0.1) is 0 Å². The molecule has 0 spiro atoms. The number of nitrogen functional groups attached to an aromatic ring is 1. The van der Waals surface area contributed by atoms with Crippen LogP contribution in [0.15, 0.2) is 12.3 Å². The minimum atomic E-state index is -1.25. The molecule has 2 atom stereocenters. The van der Waals surface area contributed by atoms with Crippen molar-refractivity contribution in [3.8, 4) is 0 Å². The lowest BCUT2D eigenvalue weighted by Crippen LogP contribution is -2.20. The molecular formula is C10H13BrN2O4. The lowest BCUT2D eigenvalue weighted by Gasteiger charge is -2.18. The zero-order valence-corrected chi connectivity index (χ0v) is 10.5. The van der Waals surface area contributed by atoms with Crippen LogP contribution >= 0.6 is 15.9 Å². The third kappa shape index (κ3) is 3.39. The fourth-order valence-corrected chi connectivity index (χ4v) is 1.79. The van der Waals surface area contributed by atoms with Crippen molar-refractivity contribution in [1.82, 2.24) is 4.98 Å². The molecule has 0 radical (unpaired) electrons. The van der Waals surface area contributed by atoms with E-state index in [9.17, 15) is 15.0 Å². The van der Waals surface area contributed by atoms with E-state index in [0.29, 0.717) is 11.8 Å². The standard InChI is InChI=1S/C10H13BrN2O4/c11-2-1-7(14)8(15)6-3-5(10(16)17)4-13-9(6)12/h3-4,7-8,14-15H,1-2H2,(H2,12,13)(H,16,17). The largest absolute Gasteiger partial charge is 0.478 e. The predicted octanol–water partition coefficient (Wildman–Crippen LogP) is 0.541. The first-order valence-electron chi connectivity index (χ1n) is 4.88. The van der Waals surface area contributed by atoms with Crippen molar-refractivity contribution in [1.29, 1.82) is 0 Å². The molecule has 1 heterocycles. The summed E-state index contributed by atoms with van der Waals surface area (Å²) in [5.41, 5.74) is 5.58. The maximum absolute atomic E-state index is 10.8. The monoisotopic (exact) mass is 304 g/mol. The number of hydrogen-bond donors (Lipinski definition) is 4. The van der Waals surface area contributed by atoms with E-state index in [1.54, 1.807) is 0 Å². The average Bonchev–Trinajstić information content (AvgIpc) is 2.28. The van der Waals surface area contributed by atoms with Gasteiger partial charge in [0, 0.05) is 17.1 Å². The van der Waals surface area contributed by atoms with Crippen molar-refractivity contribution in [3.05, 3.63) is 23.4 Å². The number of carbonyl (C=O) groups is 1. The maximum atomic E-state index is 10.8. The van der Waals surface area contributed by atoms with E-state index in [-0.39, 0.29) is 16.9 Å². The second-order valence-electron chi connectivity index (χ2n) is 3.49. The van der Waals surface area contributed by atoms with Gasteiger partial charge in [-0.25, -0.2) is 9.78 Å². The van der Waals surface area contributed by atoms with Gasteiger partial charge < -0.3 is 21.1 Å². The molecule has 0 saturated heterocycles. The molecule has 0 amide bonds. The summed E-state index contributed by atoms with van der Waals surface area (Å²) in [5, 5.41) is 28.7. The van der Waals surface area contributed by atoms with Crippen LogP contribution < -0.4 is 5.73 Å². The summed E-state index contributed by atoms with van der Waals surface area (Å²) < 4.78 is 0. The number of aromatic nitrogens is 1. The molecule has 94 valence electrons. The van der Waals surface area contributed by atoms with Gasteiger partial charge in [-0.3, -0.25) is 0 Å². The van der Waals surface area contributed by atoms with Gasteiger partial charge in [-0.05, 0) is 12.5 Å². The third-order valence-corrected chi connectivity index (χ3v) is 2.74. The second-order valence-corrected chi connectivity index (χ2v) is 4.29. The van der Waals surface area contributed by atoms with E-state index in [0.717, 1.165) is 6.20 Å². The van der Waals surface area contributed by atoms with E-state index < -0.39 is 18.2 Å². The zero-order valence-electron chi connectivity index (χ0n) is 8.88. The van der Waals surface area contributed by atoms with Crippen LogP contribution in [0.1, 0.15) is 28.4 Å². The summed E-state index contributed by atoms with van der Waals surface area (Å²) in [6.45, 7) is 0. The maximum Gasteiger partial charge on any atom is 0.337 e. The second kappa shape index (κ2) is 5.95. The number of halogens is 1. The normalized spacial score (nSPS) is 14.3. The highest BCUT2D eigenvalue weighted by atomic mass is 79.9. The molecule has 0 fully saturated rings. The van der Waals surface area contributed by atoms with Crippen molar-refractivity contribution in [2.24, 2.45) is 0 Å². The van der Waals surface area contributed by atoms with Crippen molar-refractivity contribution in [2.75, 3.05) is 11.1 Å². The molecule has 0 aliphatic rings. The van der Waals surface area contributed by atoms with Crippen LogP contribution in [0.2, 0.25) is 0 Å². The molecule has 0 aromatic carbocycles. The van der Waals surface area contributed by atoms with E-state index >= 15 is 0 Å². The number of pyridine rings is 1. The summed E-state index contributed by atoms with van der Waals surface area (Å²) in [4.78, 5) is 14.4. The number of nitrogens with zero attached hydrogens (tertiary/aromatic N) is 1. The summed E-state index contributed by atoms with van der Waals surface area (Å²) in [5.74, 6) is -1.16. The van der Waals surface area contributed by atoms with Crippen molar-refractivity contribution >= 4 is 27.7 Å². The Kier molecular flexibility index (Phi) is 4.86. The van der Waals surface area contributed by atoms with Gasteiger partial charge in [0.25, 0.3) is 0 Å². The van der Waals surface area contributed by atoms with Crippen molar-refractivity contribution < 1.29 is 20.1 Å². The van der Waals surface area contributed by atoms with Gasteiger partial charge in [0.2, 0.25) is 0 Å². The Balaban J connectivity index is 3.03. The van der Waals surface area contributed by atoms with Crippen LogP contribution in [0.3, 0.4) is 0 Å². The molecule has 7 heteroatoms. The highest BCUT2D eigenvalue weighted by Crippen LogP contribution is 2.24. The number of anilines is 1. The summed E-state index contributed by atoms with van der Waals surface area (Å²) in [7, 11) is 0. The Hall–Kier alpha value is -1.18. The van der Waals surface area contributed by atoms with Crippen LogP contribution in [-0.2, 0) is 0 Å². The highest BCUT2D eigenvalue weighted by Gasteiger charge is 2.22. The molecule has 1 aromatic rings. The van der Waals surface area contributed by atoms with E-state index in [4.69, 9.17) is 10.8 Å². The number of aromatic carboxylic acids is 1. The number of aliphatic hydroxyl groups is 2. The van der Waals surface area contributed by atoms with Crippen LogP contribution in [0.5, 0.6) is 0 Å². The molecule has 1 aromatic heterocycles.